The summed E-state index contributed by atoms with van der Waals surface area (Å²) in [5.41, 5.74) is 6.99. The largest absolute Gasteiger partial charge is 0.493 e. The molecule has 0 bridgehead atoms. The predicted octanol–water partition coefficient (Wildman–Crippen LogP) is 3.37. The number of nitrogens with two attached hydrogens (primary N) is 1. The monoisotopic (exact) mass is 344 g/mol. The van der Waals surface area contributed by atoms with Crippen molar-refractivity contribution in [2.45, 2.75) is 25.7 Å². The van der Waals surface area contributed by atoms with E-state index in [-0.39, 0.29) is 12.4 Å². The summed E-state index contributed by atoms with van der Waals surface area (Å²) in [5.74, 6) is 2.47. The number of hydrogen-bond acceptors (Lipinski definition) is 3. The molecule has 2 fully saturated rings. The fourth-order valence-electron chi connectivity index (χ4n) is 2.96. The Morgan fingerprint density at radius 3 is 2.73 bits per heavy atom. The highest BCUT2D eigenvalue weighted by atomic mass is 35.5. The standard InChI is InChI=1S/C17H25ClN2O.ClH/c18-16-3-4-17(21-12-13-1-2-13)15(9-16)6-8-20-7-5-14(10-19)11-20;/h3-4,9,13-14H,1-2,5-8,10-12,19H2;1H/t14-;/m0./s1. The topological polar surface area (TPSA) is 38.5 Å². The highest BCUT2D eigenvalue weighted by Crippen LogP contribution is 2.31. The Labute approximate surface area is 144 Å². The van der Waals surface area contributed by atoms with Gasteiger partial charge in [-0.2, -0.15) is 0 Å². The first-order valence-electron chi connectivity index (χ1n) is 8.08. The lowest BCUT2D eigenvalue weighted by Gasteiger charge is -2.17. The molecule has 0 unspecified atom stereocenters. The summed E-state index contributed by atoms with van der Waals surface area (Å²) in [7, 11) is 0. The number of hydrogen-bond donors (Lipinski definition) is 1. The molecule has 0 radical (unpaired) electrons. The van der Waals surface area contributed by atoms with Crippen molar-refractivity contribution in [2.24, 2.45) is 17.6 Å². The number of halogens is 2. The Morgan fingerprint density at radius 2 is 2.05 bits per heavy atom. The first kappa shape index (κ1) is 17.9. The molecule has 0 amide bonds. The molecule has 1 aliphatic heterocycles. The fourth-order valence-corrected chi connectivity index (χ4v) is 3.16. The first-order valence-corrected chi connectivity index (χ1v) is 8.46. The van der Waals surface area contributed by atoms with Gasteiger partial charge in [-0.1, -0.05) is 11.6 Å². The molecule has 5 heteroatoms. The van der Waals surface area contributed by atoms with E-state index >= 15 is 0 Å². The SMILES string of the molecule is Cl.NC[C@@H]1CCN(CCc2cc(Cl)ccc2OCC2CC2)C1. The van der Waals surface area contributed by atoms with Crippen LogP contribution in [-0.4, -0.2) is 37.7 Å². The smallest absolute Gasteiger partial charge is 0.122 e. The van der Waals surface area contributed by atoms with Gasteiger partial charge >= 0.3 is 0 Å². The molecule has 1 aromatic rings. The van der Waals surface area contributed by atoms with Gasteiger partial charge in [0, 0.05) is 18.1 Å². The zero-order chi connectivity index (χ0) is 14.7. The molecule has 2 N–H and O–H groups in total. The van der Waals surface area contributed by atoms with Crippen molar-refractivity contribution in [1.29, 1.82) is 0 Å². The van der Waals surface area contributed by atoms with Gasteiger partial charge in [0.1, 0.15) is 5.75 Å². The molecular formula is C17H26Cl2N2O. The Balaban J connectivity index is 0.00000176. The Morgan fingerprint density at radius 1 is 1.23 bits per heavy atom. The summed E-state index contributed by atoms with van der Waals surface area (Å²) in [6.07, 6.45) is 4.86. The molecule has 3 rings (SSSR count). The minimum atomic E-state index is 0. The molecule has 22 heavy (non-hydrogen) atoms. The zero-order valence-corrected chi connectivity index (χ0v) is 14.5. The van der Waals surface area contributed by atoms with Crippen molar-refractivity contribution in [2.75, 3.05) is 32.8 Å². The van der Waals surface area contributed by atoms with Gasteiger partial charge in [0.15, 0.2) is 0 Å². The normalized spacial score (nSPS) is 21.6. The second-order valence-corrected chi connectivity index (χ2v) is 6.88. The maximum absolute atomic E-state index is 6.15. The summed E-state index contributed by atoms with van der Waals surface area (Å²) in [6, 6.07) is 6.00. The van der Waals surface area contributed by atoms with Gasteiger partial charge in [-0.05, 0) is 74.4 Å². The Kier molecular flexibility index (Phi) is 6.82. The highest BCUT2D eigenvalue weighted by molar-refractivity contribution is 6.30. The van der Waals surface area contributed by atoms with E-state index in [2.05, 4.69) is 11.0 Å². The van der Waals surface area contributed by atoms with Crippen LogP contribution >= 0.6 is 24.0 Å². The third-order valence-electron chi connectivity index (χ3n) is 4.59. The molecule has 1 atom stereocenters. The van der Waals surface area contributed by atoms with Gasteiger partial charge in [-0.15, -0.1) is 12.4 Å². The van der Waals surface area contributed by atoms with Crippen LogP contribution in [0.2, 0.25) is 5.02 Å². The van der Waals surface area contributed by atoms with Crippen LogP contribution in [0.3, 0.4) is 0 Å². The molecular weight excluding hydrogens is 319 g/mol. The van der Waals surface area contributed by atoms with E-state index < -0.39 is 0 Å². The quantitative estimate of drug-likeness (QED) is 0.823. The van der Waals surface area contributed by atoms with Gasteiger partial charge in [-0.25, -0.2) is 0 Å². The van der Waals surface area contributed by atoms with E-state index in [0.29, 0.717) is 5.92 Å². The van der Waals surface area contributed by atoms with Crippen molar-refractivity contribution in [3.05, 3.63) is 28.8 Å². The second kappa shape index (κ2) is 8.39. The van der Waals surface area contributed by atoms with Crippen LogP contribution in [-0.2, 0) is 6.42 Å². The van der Waals surface area contributed by atoms with E-state index in [1.165, 1.54) is 31.4 Å². The van der Waals surface area contributed by atoms with E-state index in [9.17, 15) is 0 Å². The van der Waals surface area contributed by atoms with Crippen LogP contribution in [0, 0.1) is 11.8 Å². The van der Waals surface area contributed by atoms with Crippen molar-refractivity contribution < 1.29 is 4.74 Å². The first-order chi connectivity index (χ1) is 10.2. The van der Waals surface area contributed by atoms with Gasteiger partial charge in [0.25, 0.3) is 0 Å². The predicted molar refractivity (Wildman–Crippen MR) is 94.2 cm³/mol. The van der Waals surface area contributed by atoms with E-state index in [1.807, 2.05) is 12.1 Å². The molecule has 1 saturated heterocycles. The lowest BCUT2D eigenvalue weighted by Crippen LogP contribution is -2.25. The third-order valence-corrected chi connectivity index (χ3v) is 4.83. The van der Waals surface area contributed by atoms with Crippen molar-refractivity contribution in [3.8, 4) is 5.75 Å². The molecule has 1 aliphatic carbocycles. The lowest BCUT2D eigenvalue weighted by molar-refractivity contribution is 0.292. The zero-order valence-electron chi connectivity index (χ0n) is 13.0. The Bertz CT molecular complexity index is 480. The summed E-state index contributed by atoms with van der Waals surface area (Å²) < 4.78 is 5.98. The van der Waals surface area contributed by atoms with Gasteiger partial charge < -0.3 is 15.4 Å². The maximum atomic E-state index is 6.15. The molecule has 0 spiro atoms. The molecule has 0 aromatic heterocycles. The second-order valence-electron chi connectivity index (χ2n) is 6.45. The minimum absolute atomic E-state index is 0. The molecule has 124 valence electrons. The van der Waals surface area contributed by atoms with Crippen LogP contribution in [0.5, 0.6) is 5.75 Å². The number of benzene rings is 1. The van der Waals surface area contributed by atoms with Crippen LogP contribution in [0.1, 0.15) is 24.8 Å². The summed E-state index contributed by atoms with van der Waals surface area (Å²) in [5, 5.41) is 0.796. The molecule has 2 aliphatic rings. The highest BCUT2D eigenvalue weighted by Gasteiger charge is 2.23. The van der Waals surface area contributed by atoms with Crippen LogP contribution < -0.4 is 10.5 Å². The van der Waals surface area contributed by atoms with Gasteiger partial charge in [0.05, 0.1) is 6.61 Å². The molecule has 3 nitrogen and oxygen atoms in total. The number of likely N-dealkylation sites (tertiary alicyclic amines) is 1. The van der Waals surface area contributed by atoms with Crippen LogP contribution in [0.4, 0.5) is 0 Å². The van der Waals surface area contributed by atoms with E-state index in [0.717, 1.165) is 49.4 Å². The van der Waals surface area contributed by atoms with E-state index in [1.54, 1.807) is 0 Å². The number of ether oxygens (including phenoxy) is 1. The van der Waals surface area contributed by atoms with Crippen molar-refractivity contribution >= 4 is 24.0 Å². The van der Waals surface area contributed by atoms with E-state index in [4.69, 9.17) is 22.1 Å². The molecule has 1 aromatic carbocycles. The number of rotatable bonds is 7. The van der Waals surface area contributed by atoms with Crippen LogP contribution in [0.15, 0.2) is 18.2 Å². The van der Waals surface area contributed by atoms with Crippen LogP contribution in [0.25, 0.3) is 0 Å². The van der Waals surface area contributed by atoms with Gasteiger partial charge in [-0.3, -0.25) is 0 Å². The molecule has 1 saturated carbocycles. The average Bonchev–Trinajstić information content (AvgIpc) is 3.20. The number of nitrogens with zero attached hydrogens (tertiary/aromatic N) is 1. The van der Waals surface area contributed by atoms with Crippen molar-refractivity contribution in [1.82, 2.24) is 4.90 Å². The summed E-state index contributed by atoms with van der Waals surface area (Å²) >= 11 is 6.15. The summed E-state index contributed by atoms with van der Waals surface area (Å²) in [6.45, 7) is 5.03. The minimum Gasteiger partial charge on any atom is -0.493 e. The average molecular weight is 345 g/mol. The molecule has 1 heterocycles. The van der Waals surface area contributed by atoms with Gasteiger partial charge in [0.2, 0.25) is 0 Å². The Hall–Kier alpha value is -0.480. The fraction of sp³-hybridized carbons (Fsp3) is 0.647. The maximum Gasteiger partial charge on any atom is 0.122 e. The summed E-state index contributed by atoms with van der Waals surface area (Å²) in [4.78, 5) is 2.50. The third kappa shape index (κ3) is 5.02. The van der Waals surface area contributed by atoms with Crippen molar-refractivity contribution in [3.63, 3.8) is 0 Å². The lowest BCUT2D eigenvalue weighted by atomic mass is 10.1.